The lowest BCUT2D eigenvalue weighted by atomic mass is 9.66. The van der Waals surface area contributed by atoms with Gasteiger partial charge in [0.05, 0.1) is 43.6 Å². The van der Waals surface area contributed by atoms with Gasteiger partial charge in [-0.3, -0.25) is 9.59 Å². The van der Waals surface area contributed by atoms with Crippen LogP contribution in [0.1, 0.15) is 67.2 Å². The fourth-order valence-corrected chi connectivity index (χ4v) is 10.2. The summed E-state index contributed by atoms with van der Waals surface area (Å²) in [7, 11) is 3.20. The van der Waals surface area contributed by atoms with E-state index < -0.39 is 42.7 Å². The number of fused-ring (bicyclic) bond motifs is 4. The van der Waals surface area contributed by atoms with Crippen LogP contribution in [-0.4, -0.2) is 109 Å². The third-order valence-electron chi connectivity index (χ3n) is 12.9. The summed E-state index contributed by atoms with van der Waals surface area (Å²) in [4.78, 5) is 46.5. The smallest absolute Gasteiger partial charge is 0.375 e. The predicted molar refractivity (Wildman–Crippen MR) is 213 cm³/mol. The first kappa shape index (κ1) is 40.0. The van der Waals surface area contributed by atoms with Crippen LogP contribution in [-0.2, 0) is 36.9 Å². The molecule has 0 amide bonds. The van der Waals surface area contributed by atoms with E-state index in [1.807, 2.05) is 36.5 Å². The number of H-pyrrole nitrogens is 1. The van der Waals surface area contributed by atoms with Crippen molar-refractivity contribution < 1.29 is 53.4 Å². The van der Waals surface area contributed by atoms with Gasteiger partial charge in [-0.2, -0.15) is 0 Å². The number of aromatic amines is 1. The van der Waals surface area contributed by atoms with E-state index in [1.54, 1.807) is 14.0 Å². The Morgan fingerprint density at radius 3 is 2.72 bits per heavy atom. The average Bonchev–Trinajstić information content (AvgIpc) is 3.90. The molecule has 3 aliphatic heterocycles. The van der Waals surface area contributed by atoms with E-state index in [-0.39, 0.29) is 66.1 Å². The van der Waals surface area contributed by atoms with Gasteiger partial charge in [0, 0.05) is 73.8 Å². The van der Waals surface area contributed by atoms with Crippen molar-refractivity contribution in [3.05, 3.63) is 81.8 Å². The largest absolute Gasteiger partial charge is 0.496 e. The number of aldehydes is 1. The van der Waals surface area contributed by atoms with E-state index in [0.717, 1.165) is 48.9 Å². The molecule has 1 saturated carbocycles. The molecule has 58 heavy (non-hydrogen) atoms. The Labute approximate surface area is 337 Å². The number of likely N-dealkylation sites (tertiary alicyclic amines) is 1. The third-order valence-corrected chi connectivity index (χ3v) is 12.9. The average molecular weight is 797 g/mol. The Balaban J connectivity index is 1.25. The van der Waals surface area contributed by atoms with Crippen LogP contribution < -0.4 is 14.2 Å². The van der Waals surface area contributed by atoms with Crippen LogP contribution in [0.15, 0.2) is 59.5 Å². The Morgan fingerprint density at radius 2 is 1.98 bits per heavy atom. The lowest BCUT2D eigenvalue weighted by Gasteiger charge is -2.49. The first-order valence-electron chi connectivity index (χ1n) is 20.3. The number of rotatable bonds is 12. The van der Waals surface area contributed by atoms with Crippen molar-refractivity contribution in [3.8, 4) is 17.2 Å². The maximum Gasteiger partial charge on any atom is 0.375 e. The first-order chi connectivity index (χ1) is 28.2. The van der Waals surface area contributed by atoms with Crippen LogP contribution in [0.5, 0.6) is 17.2 Å². The summed E-state index contributed by atoms with van der Waals surface area (Å²) in [5.41, 5.74) is 2.48. The summed E-state index contributed by atoms with van der Waals surface area (Å²) in [6, 6.07) is 7.67. The fraction of sp³-hybridized carbons (Fsp3) is 0.489. The Bertz CT molecular complexity index is 2200. The minimum absolute atomic E-state index is 0.00660. The van der Waals surface area contributed by atoms with Gasteiger partial charge >= 0.3 is 5.97 Å². The SMILES string of the molecule is CCOC(=O)C1=C(C=O)/C(=C2\C[C@H](CO)C(=O)[C@@H](c3ccc4[nH]ccc4c3)C2)c2c(OC)c3c(c(CO)c2O1)O[C@H]([C@@]1(O)CC=C[C@@H]2CN(CCCOC)CC[C@H]21)C3. The van der Waals surface area contributed by atoms with Gasteiger partial charge in [-0.05, 0) is 80.6 Å². The molecule has 0 bridgehead atoms. The highest BCUT2D eigenvalue weighted by molar-refractivity contribution is 6.11. The maximum absolute atomic E-state index is 14.0. The number of aliphatic hydroxyl groups excluding tert-OH is 2. The second-order valence-corrected chi connectivity index (χ2v) is 16.1. The van der Waals surface area contributed by atoms with Crippen molar-refractivity contribution in [1.29, 1.82) is 0 Å². The quantitative estimate of drug-likeness (QED) is 0.0872. The number of hydrogen-bond donors (Lipinski definition) is 4. The molecule has 5 aliphatic rings. The van der Waals surface area contributed by atoms with Crippen LogP contribution >= 0.6 is 0 Å². The highest BCUT2D eigenvalue weighted by Crippen LogP contribution is 2.58. The highest BCUT2D eigenvalue weighted by Gasteiger charge is 2.54. The summed E-state index contributed by atoms with van der Waals surface area (Å²) >= 11 is 0. The van der Waals surface area contributed by atoms with Crippen LogP contribution in [0.2, 0.25) is 0 Å². The zero-order valence-corrected chi connectivity index (χ0v) is 33.3. The van der Waals surface area contributed by atoms with E-state index in [2.05, 4.69) is 16.0 Å². The van der Waals surface area contributed by atoms with Crippen molar-refractivity contribution in [1.82, 2.24) is 9.88 Å². The number of hydrogen-bond acceptors (Lipinski definition) is 12. The lowest BCUT2D eigenvalue weighted by molar-refractivity contribution is -0.141. The van der Waals surface area contributed by atoms with Crippen molar-refractivity contribution in [2.24, 2.45) is 17.8 Å². The zero-order chi connectivity index (χ0) is 40.7. The minimum atomic E-state index is -1.24. The van der Waals surface area contributed by atoms with E-state index in [0.29, 0.717) is 53.1 Å². The number of methoxy groups -OCH3 is 2. The second kappa shape index (κ2) is 16.5. The van der Waals surface area contributed by atoms with Crippen molar-refractivity contribution in [2.45, 2.75) is 69.7 Å². The third kappa shape index (κ3) is 6.76. The molecule has 0 unspecified atom stereocenters. The van der Waals surface area contributed by atoms with E-state index in [1.165, 1.54) is 7.11 Å². The standard InChI is InChI=1S/C45H52N2O11/c1-4-56-44(52)43-32(23-49)37(28-18-29(22-48)39(51)30(19-28)25-8-9-35-26(17-25)10-13-46-35)38-41(55-3)31-20-36(57-40(31)33(24-50)42(38)58-43)45(53)12-5-7-27-21-47(14-6-16-54-2)15-11-34(27)45/h5,7-10,13,17,23,27,29-30,34,36,46,48,50,53H,4,6,11-12,14-16,18-22,24H2,1-3H3/b37-28-/t27-,29-,30-,34-,36+,45-/m1/s1. The van der Waals surface area contributed by atoms with Gasteiger partial charge in [-0.15, -0.1) is 0 Å². The molecular formula is C45H52N2O11. The molecule has 8 rings (SSSR count). The van der Waals surface area contributed by atoms with Gasteiger partial charge in [0.25, 0.3) is 0 Å². The number of nitrogens with zero attached hydrogens (tertiary/aromatic N) is 1. The van der Waals surface area contributed by atoms with Crippen molar-refractivity contribution in [2.75, 3.05) is 53.7 Å². The number of aromatic nitrogens is 1. The Hall–Kier alpha value is -4.79. The number of carbonyl (C=O) groups is 3. The molecule has 0 radical (unpaired) electrons. The van der Waals surface area contributed by atoms with E-state index in [4.69, 9.17) is 23.7 Å². The van der Waals surface area contributed by atoms with Gasteiger partial charge in [0.2, 0.25) is 5.76 Å². The minimum Gasteiger partial charge on any atom is -0.496 e. The molecule has 1 saturated heterocycles. The van der Waals surface area contributed by atoms with Gasteiger partial charge in [-0.25, -0.2) is 4.79 Å². The summed E-state index contributed by atoms with van der Waals surface area (Å²) in [6.45, 7) is 3.91. The van der Waals surface area contributed by atoms with Crippen LogP contribution in [0.4, 0.5) is 0 Å². The molecule has 308 valence electrons. The molecule has 4 heterocycles. The molecule has 4 N–H and O–H groups in total. The summed E-state index contributed by atoms with van der Waals surface area (Å²) in [5, 5.41) is 35.3. The van der Waals surface area contributed by atoms with Gasteiger partial charge in [0.15, 0.2) is 6.29 Å². The molecule has 6 atom stereocenters. The number of aliphatic hydroxyl groups is 3. The molecule has 1 aromatic heterocycles. The molecular weight excluding hydrogens is 744 g/mol. The Kier molecular flexibility index (Phi) is 11.4. The second-order valence-electron chi connectivity index (χ2n) is 16.1. The zero-order valence-electron chi connectivity index (χ0n) is 33.3. The lowest BCUT2D eigenvalue weighted by Crippen LogP contribution is -2.58. The van der Waals surface area contributed by atoms with Gasteiger partial charge in [0.1, 0.15) is 34.7 Å². The number of carbonyl (C=O) groups excluding carboxylic acids is 3. The molecule has 2 fully saturated rings. The van der Waals surface area contributed by atoms with Crippen LogP contribution in [0.3, 0.4) is 0 Å². The van der Waals surface area contributed by atoms with E-state index in [9.17, 15) is 29.7 Å². The molecule has 0 spiro atoms. The molecule has 13 heteroatoms. The normalized spacial score (nSPS) is 28.1. The predicted octanol–water partition coefficient (Wildman–Crippen LogP) is 4.56. The molecule has 2 aromatic carbocycles. The monoisotopic (exact) mass is 796 g/mol. The maximum atomic E-state index is 14.0. The molecule has 13 nitrogen and oxygen atoms in total. The topological polar surface area (TPSA) is 177 Å². The fourth-order valence-electron chi connectivity index (χ4n) is 10.2. The number of benzene rings is 2. The number of Topliss-reactive ketones (excluding diaryl/α,β-unsaturated/α-hetero) is 1. The van der Waals surface area contributed by atoms with Crippen LogP contribution in [0.25, 0.3) is 16.5 Å². The number of allylic oxidation sites excluding steroid dienone is 3. The molecule has 2 aliphatic carbocycles. The van der Waals surface area contributed by atoms with Crippen molar-refractivity contribution >= 4 is 34.5 Å². The summed E-state index contributed by atoms with van der Waals surface area (Å²) < 4.78 is 29.9. The molecule has 3 aromatic rings. The summed E-state index contributed by atoms with van der Waals surface area (Å²) in [5.74, 6) is -2.13. The first-order valence-corrected chi connectivity index (χ1v) is 20.3. The number of piperidine rings is 1. The number of ketones is 1. The Morgan fingerprint density at radius 1 is 1.14 bits per heavy atom. The van der Waals surface area contributed by atoms with Gasteiger partial charge in [-0.1, -0.05) is 23.8 Å². The number of ether oxygens (including phenoxy) is 5. The van der Waals surface area contributed by atoms with Crippen molar-refractivity contribution in [3.63, 3.8) is 0 Å². The number of esters is 1. The van der Waals surface area contributed by atoms with Crippen LogP contribution in [0, 0.1) is 17.8 Å². The summed E-state index contributed by atoms with van der Waals surface area (Å²) in [6.07, 6.45) is 8.51. The van der Waals surface area contributed by atoms with Gasteiger partial charge < -0.3 is 48.9 Å². The highest BCUT2D eigenvalue weighted by atomic mass is 16.6. The van der Waals surface area contributed by atoms with E-state index >= 15 is 0 Å². The number of nitrogens with one attached hydrogen (secondary N) is 1.